The number of aryl methyl sites for hydroxylation is 1. The minimum atomic E-state index is -1.06. The zero-order chi connectivity index (χ0) is 26.1. The highest BCUT2D eigenvalue weighted by Gasteiger charge is 2.47. The van der Waals surface area contributed by atoms with E-state index in [0.29, 0.717) is 50.5 Å². The van der Waals surface area contributed by atoms with E-state index in [1.54, 1.807) is 14.0 Å². The van der Waals surface area contributed by atoms with E-state index in [0.717, 1.165) is 21.8 Å². The number of amides is 4. The minimum absolute atomic E-state index is 0.323. The third-order valence-electron chi connectivity index (χ3n) is 6.06. The first-order chi connectivity index (χ1) is 17.3. The third kappa shape index (κ3) is 6.68. The zero-order valence-electron chi connectivity index (χ0n) is 21.4. The summed E-state index contributed by atoms with van der Waals surface area (Å²) in [6.45, 7) is 6.60. The Morgan fingerprint density at radius 1 is 0.972 bits per heavy atom. The summed E-state index contributed by atoms with van der Waals surface area (Å²) >= 11 is 0. The van der Waals surface area contributed by atoms with E-state index in [1.165, 1.54) is 0 Å². The summed E-state index contributed by atoms with van der Waals surface area (Å²) in [6, 6.07) is 12.7. The van der Waals surface area contributed by atoms with Gasteiger partial charge >= 0.3 is 6.03 Å². The summed E-state index contributed by atoms with van der Waals surface area (Å²) in [6.07, 6.45) is 1.58. The lowest BCUT2D eigenvalue weighted by molar-refractivity contribution is -0.134. The molecule has 2 N–H and O–H groups in total. The molecule has 1 aliphatic heterocycles. The monoisotopic (exact) mass is 497 g/mol. The molecule has 0 aromatic heterocycles. The number of hydrogen-bond acceptors (Lipinski definition) is 6. The summed E-state index contributed by atoms with van der Waals surface area (Å²) in [5, 5.41) is 5.54. The van der Waals surface area contributed by atoms with Crippen molar-refractivity contribution in [3.63, 3.8) is 0 Å². The molecule has 0 spiro atoms. The normalized spacial score (nSPS) is 17.1. The van der Waals surface area contributed by atoms with Crippen LogP contribution in [0, 0.1) is 0 Å². The van der Waals surface area contributed by atoms with Gasteiger partial charge < -0.3 is 24.8 Å². The second kappa shape index (κ2) is 12.3. The van der Waals surface area contributed by atoms with Crippen LogP contribution >= 0.6 is 0 Å². The number of urea groups is 1. The molecule has 1 saturated heterocycles. The van der Waals surface area contributed by atoms with Crippen molar-refractivity contribution in [1.29, 1.82) is 0 Å². The predicted molar refractivity (Wildman–Crippen MR) is 135 cm³/mol. The van der Waals surface area contributed by atoms with Crippen molar-refractivity contribution in [3.05, 3.63) is 53.6 Å². The van der Waals surface area contributed by atoms with Gasteiger partial charge in [0, 0.05) is 6.54 Å². The van der Waals surface area contributed by atoms with Gasteiger partial charge in [0.15, 0.2) is 11.5 Å². The van der Waals surface area contributed by atoms with Gasteiger partial charge in [0.2, 0.25) is 5.91 Å². The molecule has 2 aromatic rings. The van der Waals surface area contributed by atoms with Gasteiger partial charge in [-0.2, -0.15) is 0 Å². The average Bonchev–Trinajstić information content (AvgIpc) is 3.08. The zero-order valence-corrected chi connectivity index (χ0v) is 21.4. The van der Waals surface area contributed by atoms with Gasteiger partial charge in [0.1, 0.15) is 17.8 Å². The molecule has 1 unspecified atom stereocenters. The van der Waals surface area contributed by atoms with Crippen molar-refractivity contribution < 1.29 is 28.6 Å². The first-order valence-electron chi connectivity index (χ1n) is 12.2. The van der Waals surface area contributed by atoms with Crippen molar-refractivity contribution in [2.75, 3.05) is 33.4 Å². The standard InChI is InChI=1S/C27H35N3O6/c1-5-35-22-12-9-20(17-23(22)36-6-2)14-16-28-24(31)18-30-25(32)27(3,29-26(30)33)15-13-19-7-10-21(34-4)11-8-19/h7-12,17H,5-6,13-16,18H2,1-4H3,(H,28,31)(H,29,33). The van der Waals surface area contributed by atoms with Gasteiger partial charge in [-0.05, 0) is 75.4 Å². The summed E-state index contributed by atoms with van der Waals surface area (Å²) in [4.78, 5) is 39.0. The highest BCUT2D eigenvalue weighted by Crippen LogP contribution is 2.28. The quantitative estimate of drug-likeness (QED) is 0.412. The van der Waals surface area contributed by atoms with Gasteiger partial charge in [-0.3, -0.25) is 14.5 Å². The van der Waals surface area contributed by atoms with E-state index >= 15 is 0 Å². The Morgan fingerprint density at radius 3 is 2.31 bits per heavy atom. The van der Waals surface area contributed by atoms with E-state index in [9.17, 15) is 14.4 Å². The van der Waals surface area contributed by atoms with Crippen molar-refractivity contribution in [1.82, 2.24) is 15.5 Å². The average molecular weight is 498 g/mol. The number of carbonyl (C=O) groups excluding carboxylic acids is 3. The van der Waals surface area contributed by atoms with E-state index in [2.05, 4.69) is 10.6 Å². The van der Waals surface area contributed by atoms with Crippen molar-refractivity contribution in [2.45, 2.75) is 45.6 Å². The largest absolute Gasteiger partial charge is 0.497 e. The number of ether oxygens (including phenoxy) is 3. The molecule has 0 saturated carbocycles. The van der Waals surface area contributed by atoms with Gasteiger partial charge in [-0.25, -0.2) is 4.79 Å². The molecular formula is C27H35N3O6. The lowest BCUT2D eigenvalue weighted by Gasteiger charge is -2.21. The highest BCUT2D eigenvalue weighted by atomic mass is 16.5. The molecule has 9 heteroatoms. The van der Waals surface area contributed by atoms with Crippen LogP contribution in [-0.4, -0.2) is 61.7 Å². The maximum atomic E-state index is 13.0. The Hall–Kier alpha value is -3.75. The van der Waals surface area contributed by atoms with E-state index in [-0.39, 0.29) is 6.54 Å². The maximum Gasteiger partial charge on any atom is 0.325 e. The fourth-order valence-corrected chi connectivity index (χ4v) is 4.04. The van der Waals surface area contributed by atoms with E-state index in [4.69, 9.17) is 14.2 Å². The molecule has 1 aliphatic rings. The minimum Gasteiger partial charge on any atom is -0.497 e. The van der Waals surface area contributed by atoms with Crippen LogP contribution in [-0.2, 0) is 22.4 Å². The van der Waals surface area contributed by atoms with Crippen LogP contribution in [0.25, 0.3) is 0 Å². The number of hydrogen-bond donors (Lipinski definition) is 2. The Morgan fingerprint density at radius 2 is 1.64 bits per heavy atom. The first kappa shape index (κ1) is 26.8. The van der Waals surface area contributed by atoms with Crippen LogP contribution in [0.2, 0.25) is 0 Å². The number of rotatable bonds is 13. The smallest absolute Gasteiger partial charge is 0.325 e. The molecule has 0 radical (unpaired) electrons. The number of methoxy groups -OCH3 is 1. The summed E-state index contributed by atoms with van der Waals surface area (Å²) in [5.74, 6) is 1.31. The summed E-state index contributed by atoms with van der Waals surface area (Å²) in [5.41, 5.74) is 0.940. The summed E-state index contributed by atoms with van der Waals surface area (Å²) in [7, 11) is 1.60. The van der Waals surface area contributed by atoms with Gasteiger partial charge in [0.05, 0.1) is 20.3 Å². The van der Waals surface area contributed by atoms with Crippen LogP contribution in [0.15, 0.2) is 42.5 Å². The number of imide groups is 1. The van der Waals surface area contributed by atoms with Crippen LogP contribution in [0.5, 0.6) is 17.2 Å². The van der Waals surface area contributed by atoms with Crippen LogP contribution in [0.4, 0.5) is 4.79 Å². The lowest BCUT2D eigenvalue weighted by atomic mass is 9.93. The molecule has 1 atom stereocenters. The van der Waals surface area contributed by atoms with Crippen molar-refractivity contribution in [2.24, 2.45) is 0 Å². The Balaban J connectivity index is 1.50. The second-order valence-corrected chi connectivity index (χ2v) is 8.75. The molecule has 1 heterocycles. The molecule has 9 nitrogen and oxygen atoms in total. The van der Waals surface area contributed by atoms with Gasteiger partial charge in [0.25, 0.3) is 5.91 Å². The number of nitrogens with one attached hydrogen (secondary N) is 2. The molecule has 0 aliphatic carbocycles. The van der Waals surface area contributed by atoms with Gasteiger partial charge in [-0.1, -0.05) is 18.2 Å². The summed E-state index contributed by atoms with van der Waals surface area (Å²) < 4.78 is 16.4. The fraction of sp³-hybridized carbons (Fsp3) is 0.444. The maximum absolute atomic E-state index is 13.0. The van der Waals surface area contributed by atoms with E-state index in [1.807, 2.05) is 56.3 Å². The predicted octanol–water partition coefficient (Wildman–Crippen LogP) is 3.09. The topological polar surface area (TPSA) is 106 Å². The number of nitrogens with zero attached hydrogens (tertiary/aromatic N) is 1. The fourth-order valence-electron chi connectivity index (χ4n) is 4.04. The highest BCUT2D eigenvalue weighted by molar-refractivity contribution is 6.08. The van der Waals surface area contributed by atoms with Crippen molar-refractivity contribution >= 4 is 17.8 Å². The third-order valence-corrected chi connectivity index (χ3v) is 6.06. The molecule has 36 heavy (non-hydrogen) atoms. The SMILES string of the molecule is CCOc1ccc(CCNC(=O)CN2C(=O)NC(C)(CCc3ccc(OC)cc3)C2=O)cc1OCC. The molecule has 0 bridgehead atoms. The molecular weight excluding hydrogens is 462 g/mol. The molecule has 4 amide bonds. The molecule has 2 aromatic carbocycles. The Labute approximate surface area is 212 Å². The molecule has 3 rings (SSSR count). The Kier molecular flexibility index (Phi) is 9.16. The first-order valence-corrected chi connectivity index (χ1v) is 12.2. The van der Waals surface area contributed by atoms with Crippen LogP contribution in [0.1, 0.15) is 38.3 Å². The lowest BCUT2D eigenvalue weighted by Crippen LogP contribution is -2.45. The van der Waals surface area contributed by atoms with Gasteiger partial charge in [-0.15, -0.1) is 0 Å². The van der Waals surface area contributed by atoms with Crippen LogP contribution < -0.4 is 24.8 Å². The van der Waals surface area contributed by atoms with Crippen molar-refractivity contribution in [3.8, 4) is 17.2 Å². The Bertz CT molecular complexity index is 1070. The van der Waals surface area contributed by atoms with E-state index < -0.39 is 23.4 Å². The van der Waals surface area contributed by atoms with Crippen LogP contribution in [0.3, 0.4) is 0 Å². The molecule has 1 fully saturated rings. The number of benzene rings is 2. The second-order valence-electron chi connectivity index (χ2n) is 8.75. The number of carbonyl (C=O) groups is 3. The molecule has 194 valence electrons.